The fourth-order valence-corrected chi connectivity index (χ4v) is 1.67. The summed E-state index contributed by atoms with van der Waals surface area (Å²) in [5, 5.41) is 8.73. The predicted octanol–water partition coefficient (Wildman–Crippen LogP) is 1.65. The van der Waals surface area contributed by atoms with E-state index < -0.39 is 0 Å². The molecule has 1 rings (SSSR count). The van der Waals surface area contributed by atoms with Gasteiger partial charge in [0.2, 0.25) is 11.8 Å². The molecule has 0 heterocycles. The van der Waals surface area contributed by atoms with Crippen LogP contribution in [0.4, 0.5) is 5.69 Å². The lowest BCUT2D eigenvalue weighted by molar-refractivity contribution is -0.122. The molecule has 0 aliphatic rings. The molecular weight excluding hydrogens is 254 g/mol. The number of hydrogen-bond acceptors (Lipinski definition) is 3. The first-order chi connectivity index (χ1) is 9.52. The summed E-state index contributed by atoms with van der Waals surface area (Å²) in [5.74, 6) is -0.0705. The molecule has 0 aliphatic heterocycles. The number of amides is 2. The van der Waals surface area contributed by atoms with E-state index >= 15 is 0 Å². The third kappa shape index (κ3) is 5.84. The van der Waals surface area contributed by atoms with Gasteiger partial charge in [-0.1, -0.05) is 19.1 Å². The second-order valence-electron chi connectivity index (χ2n) is 4.77. The molecule has 0 saturated carbocycles. The highest BCUT2D eigenvalue weighted by Gasteiger charge is 2.10. The van der Waals surface area contributed by atoms with Crippen molar-refractivity contribution in [1.29, 1.82) is 0 Å². The summed E-state index contributed by atoms with van der Waals surface area (Å²) in [5.41, 5.74) is 1.84. The summed E-state index contributed by atoms with van der Waals surface area (Å²) in [6.07, 6.45) is 0.934. The van der Waals surface area contributed by atoms with Gasteiger partial charge in [0.15, 0.2) is 0 Å². The maximum atomic E-state index is 11.7. The standard InChI is InChI=1S/C15H23N3O2/c1-4-9-16-15(20)11(2)17-10-13-5-7-14(8-6-13)18-12(3)19/h5-8,11,17H,4,9-10H2,1-3H3,(H,16,20)(H,18,19). The second kappa shape index (κ2) is 8.32. The van der Waals surface area contributed by atoms with Gasteiger partial charge in [-0.3, -0.25) is 9.59 Å². The van der Waals surface area contributed by atoms with Gasteiger partial charge in [0, 0.05) is 25.7 Å². The molecule has 0 spiro atoms. The Bertz CT molecular complexity index is 443. The van der Waals surface area contributed by atoms with Gasteiger partial charge in [-0.25, -0.2) is 0 Å². The van der Waals surface area contributed by atoms with Gasteiger partial charge in [0.25, 0.3) is 0 Å². The molecule has 1 atom stereocenters. The van der Waals surface area contributed by atoms with Gasteiger partial charge in [-0.15, -0.1) is 0 Å². The van der Waals surface area contributed by atoms with Crippen molar-refractivity contribution in [3.63, 3.8) is 0 Å². The number of nitrogens with one attached hydrogen (secondary N) is 3. The number of carbonyl (C=O) groups is 2. The highest BCUT2D eigenvalue weighted by molar-refractivity contribution is 5.88. The highest BCUT2D eigenvalue weighted by atomic mass is 16.2. The van der Waals surface area contributed by atoms with Crippen LogP contribution >= 0.6 is 0 Å². The number of benzene rings is 1. The lowest BCUT2D eigenvalue weighted by Crippen LogP contribution is -2.42. The van der Waals surface area contributed by atoms with Crippen LogP contribution in [0.2, 0.25) is 0 Å². The van der Waals surface area contributed by atoms with Crippen molar-refractivity contribution < 1.29 is 9.59 Å². The van der Waals surface area contributed by atoms with Crippen LogP contribution in [-0.2, 0) is 16.1 Å². The smallest absolute Gasteiger partial charge is 0.236 e. The van der Waals surface area contributed by atoms with Crippen LogP contribution < -0.4 is 16.0 Å². The fraction of sp³-hybridized carbons (Fsp3) is 0.467. The molecule has 20 heavy (non-hydrogen) atoms. The van der Waals surface area contributed by atoms with Gasteiger partial charge < -0.3 is 16.0 Å². The summed E-state index contributed by atoms with van der Waals surface area (Å²) in [7, 11) is 0. The van der Waals surface area contributed by atoms with E-state index in [4.69, 9.17) is 0 Å². The molecule has 5 nitrogen and oxygen atoms in total. The Labute approximate surface area is 120 Å². The van der Waals surface area contributed by atoms with E-state index in [9.17, 15) is 9.59 Å². The minimum atomic E-state index is -0.225. The normalized spacial score (nSPS) is 11.8. The van der Waals surface area contributed by atoms with E-state index in [0.29, 0.717) is 13.1 Å². The molecule has 3 N–H and O–H groups in total. The molecule has 110 valence electrons. The van der Waals surface area contributed by atoms with Gasteiger partial charge in [-0.05, 0) is 31.0 Å². The molecule has 1 unspecified atom stereocenters. The molecule has 0 bridgehead atoms. The zero-order valence-corrected chi connectivity index (χ0v) is 12.3. The zero-order valence-electron chi connectivity index (χ0n) is 12.3. The molecule has 0 aromatic heterocycles. The third-order valence-corrected chi connectivity index (χ3v) is 2.83. The van der Waals surface area contributed by atoms with Crippen molar-refractivity contribution in [3.05, 3.63) is 29.8 Å². The molecule has 1 aromatic rings. The zero-order chi connectivity index (χ0) is 15.0. The van der Waals surface area contributed by atoms with Gasteiger partial charge in [0.1, 0.15) is 0 Å². The lowest BCUT2D eigenvalue weighted by atomic mass is 10.2. The minimum absolute atomic E-state index is 0.0155. The number of rotatable bonds is 7. The molecule has 2 amide bonds. The van der Waals surface area contributed by atoms with Crippen LogP contribution in [-0.4, -0.2) is 24.4 Å². The molecular formula is C15H23N3O2. The van der Waals surface area contributed by atoms with Crippen molar-refractivity contribution in [1.82, 2.24) is 10.6 Å². The maximum absolute atomic E-state index is 11.7. The SMILES string of the molecule is CCCNC(=O)C(C)NCc1ccc(NC(C)=O)cc1. The quantitative estimate of drug-likeness (QED) is 0.709. The van der Waals surface area contributed by atoms with Crippen molar-refractivity contribution in [2.75, 3.05) is 11.9 Å². The Hall–Kier alpha value is -1.88. The summed E-state index contributed by atoms with van der Waals surface area (Å²) in [4.78, 5) is 22.6. The second-order valence-corrected chi connectivity index (χ2v) is 4.77. The monoisotopic (exact) mass is 277 g/mol. The first kappa shape index (κ1) is 16.2. The van der Waals surface area contributed by atoms with Crippen molar-refractivity contribution in [2.45, 2.75) is 39.8 Å². The average molecular weight is 277 g/mol. The Morgan fingerprint density at radius 1 is 1.20 bits per heavy atom. The van der Waals surface area contributed by atoms with Gasteiger partial charge in [-0.2, -0.15) is 0 Å². The Morgan fingerprint density at radius 2 is 1.85 bits per heavy atom. The number of carbonyl (C=O) groups excluding carboxylic acids is 2. The number of anilines is 1. The summed E-state index contributed by atoms with van der Waals surface area (Å²) >= 11 is 0. The maximum Gasteiger partial charge on any atom is 0.236 e. The molecule has 1 aromatic carbocycles. The van der Waals surface area contributed by atoms with E-state index in [-0.39, 0.29) is 17.9 Å². The molecule has 0 saturated heterocycles. The van der Waals surface area contributed by atoms with Crippen LogP contribution in [0.1, 0.15) is 32.8 Å². The van der Waals surface area contributed by atoms with E-state index in [1.165, 1.54) is 6.92 Å². The van der Waals surface area contributed by atoms with Gasteiger partial charge in [0.05, 0.1) is 6.04 Å². The van der Waals surface area contributed by atoms with E-state index in [0.717, 1.165) is 17.7 Å². The van der Waals surface area contributed by atoms with E-state index in [2.05, 4.69) is 16.0 Å². The average Bonchev–Trinajstić information content (AvgIpc) is 2.43. The van der Waals surface area contributed by atoms with Crippen LogP contribution in [0.25, 0.3) is 0 Å². The topological polar surface area (TPSA) is 70.2 Å². The lowest BCUT2D eigenvalue weighted by Gasteiger charge is -2.14. The fourth-order valence-electron chi connectivity index (χ4n) is 1.67. The largest absolute Gasteiger partial charge is 0.355 e. The van der Waals surface area contributed by atoms with Gasteiger partial charge >= 0.3 is 0 Å². The predicted molar refractivity (Wildman–Crippen MR) is 80.3 cm³/mol. The number of hydrogen-bond donors (Lipinski definition) is 3. The molecule has 0 aliphatic carbocycles. The molecule has 0 radical (unpaired) electrons. The Kier molecular flexibility index (Phi) is 6.73. The first-order valence-corrected chi connectivity index (χ1v) is 6.90. The van der Waals surface area contributed by atoms with Crippen LogP contribution in [0.15, 0.2) is 24.3 Å². The van der Waals surface area contributed by atoms with Crippen molar-refractivity contribution in [3.8, 4) is 0 Å². The van der Waals surface area contributed by atoms with E-state index in [1.54, 1.807) is 0 Å². The van der Waals surface area contributed by atoms with Crippen LogP contribution in [0.5, 0.6) is 0 Å². The summed E-state index contributed by atoms with van der Waals surface area (Å²) in [6, 6.07) is 7.32. The summed E-state index contributed by atoms with van der Waals surface area (Å²) in [6.45, 7) is 6.66. The van der Waals surface area contributed by atoms with Crippen LogP contribution in [0.3, 0.4) is 0 Å². The van der Waals surface area contributed by atoms with Crippen molar-refractivity contribution in [2.24, 2.45) is 0 Å². The van der Waals surface area contributed by atoms with Crippen LogP contribution in [0, 0.1) is 0 Å². The Morgan fingerprint density at radius 3 is 2.40 bits per heavy atom. The third-order valence-electron chi connectivity index (χ3n) is 2.83. The van der Waals surface area contributed by atoms with E-state index in [1.807, 2.05) is 38.1 Å². The first-order valence-electron chi connectivity index (χ1n) is 6.90. The molecule has 5 heteroatoms. The Balaban J connectivity index is 2.41. The highest BCUT2D eigenvalue weighted by Crippen LogP contribution is 2.09. The summed E-state index contributed by atoms with van der Waals surface area (Å²) < 4.78 is 0. The van der Waals surface area contributed by atoms with Crippen molar-refractivity contribution >= 4 is 17.5 Å². The minimum Gasteiger partial charge on any atom is -0.355 e. The molecule has 0 fully saturated rings.